The molecule has 4 nitrogen and oxygen atoms in total. The lowest BCUT2D eigenvalue weighted by Gasteiger charge is -2.20. The van der Waals surface area contributed by atoms with Gasteiger partial charge in [0.1, 0.15) is 6.04 Å². The van der Waals surface area contributed by atoms with E-state index in [-0.39, 0.29) is 6.04 Å². The van der Waals surface area contributed by atoms with Crippen LogP contribution in [0.1, 0.15) is 18.5 Å². The number of benzene rings is 1. The number of nitrogens with one attached hydrogen (secondary N) is 1. The van der Waals surface area contributed by atoms with E-state index < -0.39 is 12.0 Å². The molecule has 17 heavy (non-hydrogen) atoms. The number of carboxylic acid groups (broad SMARTS) is 1. The van der Waals surface area contributed by atoms with Crippen LogP contribution in [0, 0.1) is 0 Å². The Kier molecular flexibility index (Phi) is 5.47. The molecule has 0 aliphatic heterocycles. The summed E-state index contributed by atoms with van der Waals surface area (Å²) in [5.41, 5.74) is 6.52. The van der Waals surface area contributed by atoms with Crippen molar-refractivity contribution in [1.82, 2.24) is 5.32 Å². The van der Waals surface area contributed by atoms with Crippen molar-refractivity contribution in [2.24, 2.45) is 5.73 Å². The molecular weight excluding hydrogens is 236 g/mol. The highest BCUT2D eigenvalue weighted by Gasteiger charge is 2.23. The number of carbonyl (C=O) groups is 1. The normalized spacial score (nSPS) is 14.3. The summed E-state index contributed by atoms with van der Waals surface area (Å²) in [4.78, 5) is 12.0. The maximum atomic E-state index is 10.9. The van der Waals surface area contributed by atoms with Crippen LogP contribution in [0.4, 0.5) is 0 Å². The Balaban J connectivity index is 2.85. The summed E-state index contributed by atoms with van der Waals surface area (Å²) >= 11 is 1.75. The van der Waals surface area contributed by atoms with Crippen molar-refractivity contribution in [1.29, 1.82) is 0 Å². The number of hydrogen-bond donors (Lipinski definition) is 3. The Hall–Kier alpha value is -1.04. The van der Waals surface area contributed by atoms with Gasteiger partial charge in [-0.3, -0.25) is 4.79 Å². The zero-order valence-corrected chi connectivity index (χ0v) is 10.8. The summed E-state index contributed by atoms with van der Waals surface area (Å²) in [6, 6.07) is 6.51. The fourth-order valence-corrected chi connectivity index (χ4v) is 2.30. The van der Waals surface area contributed by atoms with Gasteiger partial charge in [-0.15, -0.1) is 11.8 Å². The SMILES string of the molecule is CCSc1ccc(C(NC)C(N)C(=O)O)cc1. The van der Waals surface area contributed by atoms with Crippen molar-refractivity contribution < 1.29 is 9.90 Å². The second-order valence-corrected chi connectivity index (χ2v) is 4.97. The number of rotatable bonds is 6. The van der Waals surface area contributed by atoms with Crippen molar-refractivity contribution in [2.75, 3.05) is 12.8 Å². The van der Waals surface area contributed by atoms with Crippen LogP contribution in [0.5, 0.6) is 0 Å². The molecule has 0 radical (unpaired) electrons. The minimum atomic E-state index is -1.00. The van der Waals surface area contributed by atoms with Gasteiger partial charge < -0.3 is 16.2 Å². The summed E-state index contributed by atoms with van der Waals surface area (Å²) < 4.78 is 0. The third kappa shape index (κ3) is 3.73. The predicted molar refractivity (Wildman–Crippen MR) is 70.3 cm³/mol. The van der Waals surface area contributed by atoms with Crippen molar-refractivity contribution in [3.63, 3.8) is 0 Å². The number of carboxylic acids is 1. The Morgan fingerprint density at radius 3 is 2.47 bits per heavy atom. The van der Waals surface area contributed by atoms with Gasteiger partial charge in [0.15, 0.2) is 0 Å². The van der Waals surface area contributed by atoms with Gasteiger partial charge in [-0.05, 0) is 30.5 Å². The van der Waals surface area contributed by atoms with Crippen LogP contribution in [0.3, 0.4) is 0 Å². The average Bonchev–Trinajstić information content (AvgIpc) is 2.32. The van der Waals surface area contributed by atoms with E-state index in [9.17, 15) is 4.79 Å². The third-order valence-corrected chi connectivity index (χ3v) is 3.40. The first-order valence-corrected chi connectivity index (χ1v) is 6.47. The van der Waals surface area contributed by atoms with Crippen molar-refractivity contribution >= 4 is 17.7 Å². The number of likely N-dealkylation sites (N-methyl/N-ethyl adjacent to an activating group) is 1. The van der Waals surface area contributed by atoms with Crippen LogP contribution in [-0.4, -0.2) is 29.9 Å². The van der Waals surface area contributed by atoms with E-state index in [1.165, 1.54) is 4.90 Å². The van der Waals surface area contributed by atoms with E-state index in [0.717, 1.165) is 11.3 Å². The van der Waals surface area contributed by atoms with E-state index in [1.807, 2.05) is 24.3 Å². The van der Waals surface area contributed by atoms with Crippen LogP contribution in [-0.2, 0) is 4.79 Å². The van der Waals surface area contributed by atoms with Crippen LogP contribution in [0.2, 0.25) is 0 Å². The number of nitrogens with two attached hydrogens (primary N) is 1. The van der Waals surface area contributed by atoms with Gasteiger partial charge in [-0.1, -0.05) is 19.1 Å². The second-order valence-electron chi connectivity index (χ2n) is 3.63. The molecule has 1 rings (SSSR count). The van der Waals surface area contributed by atoms with Crippen LogP contribution in [0.15, 0.2) is 29.2 Å². The minimum Gasteiger partial charge on any atom is -0.480 e. The summed E-state index contributed by atoms with van der Waals surface area (Å²) in [7, 11) is 1.71. The van der Waals surface area contributed by atoms with Gasteiger partial charge in [0.2, 0.25) is 0 Å². The monoisotopic (exact) mass is 254 g/mol. The fraction of sp³-hybridized carbons (Fsp3) is 0.417. The van der Waals surface area contributed by atoms with Gasteiger partial charge in [0.25, 0.3) is 0 Å². The van der Waals surface area contributed by atoms with Crippen molar-refractivity contribution in [3.8, 4) is 0 Å². The molecule has 0 aliphatic rings. The second kappa shape index (κ2) is 6.64. The average molecular weight is 254 g/mol. The molecule has 0 fully saturated rings. The Labute approximate surface area is 106 Å². The zero-order valence-electron chi connectivity index (χ0n) is 10.0. The van der Waals surface area contributed by atoms with Gasteiger partial charge in [0.05, 0.1) is 6.04 Å². The Morgan fingerprint density at radius 1 is 1.47 bits per heavy atom. The molecule has 0 saturated heterocycles. The molecule has 0 bridgehead atoms. The van der Waals surface area contributed by atoms with E-state index in [2.05, 4.69) is 12.2 Å². The topological polar surface area (TPSA) is 75.3 Å². The van der Waals surface area contributed by atoms with Gasteiger partial charge in [-0.2, -0.15) is 0 Å². The molecule has 0 saturated carbocycles. The first kappa shape index (κ1) is 14.0. The Morgan fingerprint density at radius 2 is 2.06 bits per heavy atom. The quantitative estimate of drug-likeness (QED) is 0.670. The molecule has 4 N–H and O–H groups in total. The lowest BCUT2D eigenvalue weighted by atomic mass is 10.0. The Bertz CT molecular complexity index is 367. The molecule has 0 heterocycles. The van der Waals surface area contributed by atoms with E-state index >= 15 is 0 Å². The molecule has 1 aromatic carbocycles. The van der Waals surface area contributed by atoms with Gasteiger partial charge >= 0.3 is 5.97 Å². The molecule has 0 aromatic heterocycles. The summed E-state index contributed by atoms with van der Waals surface area (Å²) in [6.07, 6.45) is 0. The largest absolute Gasteiger partial charge is 0.480 e. The van der Waals surface area contributed by atoms with Crippen molar-refractivity contribution in [3.05, 3.63) is 29.8 Å². The summed E-state index contributed by atoms with van der Waals surface area (Å²) in [6.45, 7) is 2.09. The molecular formula is C12H18N2O2S. The summed E-state index contributed by atoms with van der Waals surface area (Å²) in [5, 5.41) is 11.9. The molecule has 2 atom stereocenters. The number of aliphatic carboxylic acids is 1. The van der Waals surface area contributed by atoms with Gasteiger partial charge in [-0.25, -0.2) is 0 Å². The smallest absolute Gasteiger partial charge is 0.322 e. The maximum absolute atomic E-state index is 10.9. The van der Waals surface area contributed by atoms with E-state index in [1.54, 1.807) is 18.8 Å². The van der Waals surface area contributed by atoms with Crippen LogP contribution in [0.25, 0.3) is 0 Å². The van der Waals surface area contributed by atoms with E-state index in [4.69, 9.17) is 10.8 Å². The molecule has 5 heteroatoms. The highest BCUT2D eigenvalue weighted by molar-refractivity contribution is 7.99. The minimum absolute atomic E-state index is 0.367. The number of thioether (sulfide) groups is 1. The summed E-state index contributed by atoms with van der Waals surface area (Å²) in [5.74, 6) is 0.0139. The van der Waals surface area contributed by atoms with Crippen molar-refractivity contribution in [2.45, 2.75) is 23.9 Å². The van der Waals surface area contributed by atoms with Gasteiger partial charge in [0, 0.05) is 4.90 Å². The number of hydrogen-bond acceptors (Lipinski definition) is 4. The molecule has 94 valence electrons. The first-order valence-electron chi connectivity index (χ1n) is 5.48. The zero-order chi connectivity index (χ0) is 12.8. The maximum Gasteiger partial charge on any atom is 0.322 e. The predicted octanol–water partition coefficient (Wildman–Crippen LogP) is 1.47. The molecule has 0 amide bonds. The first-order chi connectivity index (χ1) is 8.10. The lowest BCUT2D eigenvalue weighted by Crippen LogP contribution is -2.42. The lowest BCUT2D eigenvalue weighted by molar-refractivity contribution is -0.139. The van der Waals surface area contributed by atoms with Crippen LogP contribution < -0.4 is 11.1 Å². The molecule has 1 aromatic rings. The molecule has 0 spiro atoms. The highest BCUT2D eigenvalue weighted by Crippen LogP contribution is 2.22. The fourth-order valence-electron chi connectivity index (χ4n) is 1.63. The molecule has 2 unspecified atom stereocenters. The molecule has 0 aliphatic carbocycles. The highest BCUT2D eigenvalue weighted by atomic mass is 32.2. The standard InChI is InChI=1S/C12H18N2O2S/c1-3-17-9-6-4-8(5-7-9)11(14-2)10(13)12(15)16/h4-7,10-11,14H,3,13H2,1-2H3,(H,15,16). The van der Waals surface area contributed by atoms with Crippen LogP contribution >= 0.6 is 11.8 Å². The third-order valence-electron chi connectivity index (χ3n) is 2.51. The van der Waals surface area contributed by atoms with E-state index in [0.29, 0.717) is 0 Å².